The Balaban J connectivity index is 2.02. The number of piperazine rings is 1. The summed E-state index contributed by atoms with van der Waals surface area (Å²) >= 11 is 0. The van der Waals surface area contributed by atoms with Crippen LogP contribution in [0.4, 0.5) is 0 Å². The molecule has 108 valence electrons. The van der Waals surface area contributed by atoms with Gasteiger partial charge in [-0.1, -0.05) is 0 Å². The van der Waals surface area contributed by atoms with Gasteiger partial charge < -0.3 is 4.90 Å². The van der Waals surface area contributed by atoms with Crippen LogP contribution in [0.1, 0.15) is 21.7 Å². The first-order chi connectivity index (χ1) is 9.95. The highest BCUT2D eigenvalue weighted by atomic mass is 16.2. The van der Waals surface area contributed by atoms with E-state index < -0.39 is 17.7 Å². The van der Waals surface area contributed by atoms with Crippen LogP contribution >= 0.6 is 0 Å². The van der Waals surface area contributed by atoms with Crippen LogP contribution in [0.2, 0.25) is 0 Å². The standard InChI is InChI=1S/C13H13N5O3/c1-7-3-8(2)18-12(15-7)9(4-14-18)13(21)17-5-10(19)16-11(20)6-17/h3-4H,5-6H2,1-2H3,(H,16,19,20). The lowest BCUT2D eigenvalue weighted by atomic mass is 10.2. The Bertz CT molecular complexity index is 763. The summed E-state index contributed by atoms with van der Waals surface area (Å²) in [7, 11) is 0. The number of hydrogen-bond acceptors (Lipinski definition) is 5. The van der Waals surface area contributed by atoms with Gasteiger partial charge in [0.2, 0.25) is 11.8 Å². The minimum Gasteiger partial charge on any atom is -0.320 e. The second kappa shape index (κ2) is 4.65. The second-order valence-electron chi connectivity index (χ2n) is 4.97. The molecule has 0 spiro atoms. The number of hydrogen-bond donors (Lipinski definition) is 1. The van der Waals surface area contributed by atoms with Gasteiger partial charge in [0, 0.05) is 11.4 Å². The van der Waals surface area contributed by atoms with Gasteiger partial charge in [-0.2, -0.15) is 5.10 Å². The van der Waals surface area contributed by atoms with Crippen LogP contribution in [0.3, 0.4) is 0 Å². The van der Waals surface area contributed by atoms with Crippen molar-refractivity contribution < 1.29 is 14.4 Å². The fraction of sp³-hybridized carbons (Fsp3) is 0.308. The molecule has 8 nitrogen and oxygen atoms in total. The molecule has 21 heavy (non-hydrogen) atoms. The van der Waals surface area contributed by atoms with Gasteiger partial charge in [0.15, 0.2) is 5.65 Å². The van der Waals surface area contributed by atoms with Gasteiger partial charge in [-0.15, -0.1) is 0 Å². The number of carbonyl (C=O) groups excluding carboxylic acids is 3. The zero-order valence-electron chi connectivity index (χ0n) is 11.6. The van der Waals surface area contributed by atoms with Crippen molar-refractivity contribution in [1.82, 2.24) is 24.8 Å². The van der Waals surface area contributed by atoms with Crippen LogP contribution in [0.15, 0.2) is 12.3 Å². The molecule has 8 heteroatoms. The molecule has 0 unspecified atom stereocenters. The molecular weight excluding hydrogens is 274 g/mol. The minimum absolute atomic E-state index is 0.146. The number of aromatic nitrogens is 3. The number of amides is 3. The van der Waals surface area contributed by atoms with Crippen molar-refractivity contribution in [1.29, 1.82) is 0 Å². The summed E-state index contributed by atoms with van der Waals surface area (Å²) in [4.78, 5) is 40.7. The maximum absolute atomic E-state index is 12.5. The molecule has 3 amide bonds. The molecule has 1 aliphatic heterocycles. The first-order valence-electron chi connectivity index (χ1n) is 6.39. The number of aryl methyl sites for hydroxylation is 2. The Morgan fingerprint density at radius 3 is 2.57 bits per heavy atom. The number of imide groups is 1. The summed E-state index contributed by atoms with van der Waals surface area (Å²) in [6.45, 7) is 3.40. The molecule has 2 aromatic rings. The van der Waals surface area contributed by atoms with Gasteiger partial charge in [-0.3, -0.25) is 19.7 Å². The lowest BCUT2D eigenvalue weighted by molar-refractivity contribution is -0.135. The maximum atomic E-state index is 12.5. The quantitative estimate of drug-likeness (QED) is 0.709. The third kappa shape index (κ3) is 2.24. The molecule has 2 aromatic heterocycles. The molecule has 1 N–H and O–H groups in total. The fourth-order valence-electron chi connectivity index (χ4n) is 2.37. The molecule has 0 bridgehead atoms. The summed E-state index contributed by atoms with van der Waals surface area (Å²) in [5.74, 6) is -1.40. The number of rotatable bonds is 1. The van der Waals surface area contributed by atoms with Gasteiger partial charge >= 0.3 is 0 Å². The molecule has 0 saturated carbocycles. The van der Waals surface area contributed by atoms with Gasteiger partial charge in [0.25, 0.3) is 5.91 Å². The van der Waals surface area contributed by atoms with Crippen molar-refractivity contribution in [2.45, 2.75) is 13.8 Å². The third-order valence-electron chi connectivity index (χ3n) is 3.24. The normalized spacial score (nSPS) is 15.4. The van der Waals surface area contributed by atoms with Crippen molar-refractivity contribution in [2.75, 3.05) is 13.1 Å². The SMILES string of the molecule is Cc1cc(C)n2ncc(C(=O)N3CC(=O)NC(=O)C3)c2n1. The summed E-state index contributed by atoms with van der Waals surface area (Å²) in [5.41, 5.74) is 2.33. The van der Waals surface area contributed by atoms with Crippen LogP contribution in [0.5, 0.6) is 0 Å². The Morgan fingerprint density at radius 2 is 1.90 bits per heavy atom. The molecule has 0 atom stereocenters. The molecule has 3 heterocycles. The average molecular weight is 287 g/mol. The maximum Gasteiger partial charge on any atom is 0.260 e. The molecule has 3 rings (SSSR count). The smallest absolute Gasteiger partial charge is 0.260 e. The molecule has 0 aliphatic carbocycles. The van der Waals surface area contributed by atoms with Crippen molar-refractivity contribution in [3.8, 4) is 0 Å². The van der Waals surface area contributed by atoms with Crippen molar-refractivity contribution >= 4 is 23.4 Å². The lowest BCUT2D eigenvalue weighted by Crippen LogP contribution is -2.53. The Hall–Kier alpha value is -2.77. The Kier molecular flexibility index (Phi) is 2.93. The van der Waals surface area contributed by atoms with E-state index in [1.54, 1.807) is 4.52 Å². The molecule has 1 fully saturated rings. The van der Waals surface area contributed by atoms with Gasteiger partial charge in [0.05, 0.1) is 6.20 Å². The van der Waals surface area contributed by atoms with E-state index in [0.717, 1.165) is 11.4 Å². The van der Waals surface area contributed by atoms with Crippen LogP contribution in [-0.4, -0.2) is 50.3 Å². The second-order valence-corrected chi connectivity index (χ2v) is 4.97. The van der Waals surface area contributed by atoms with Crippen molar-refractivity contribution in [2.24, 2.45) is 0 Å². The van der Waals surface area contributed by atoms with Gasteiger partial charge in [-0.05, 0) is 19.9 Å². The van der Waals surface area contributed by atoms with E-state index in [0.29, 0.717) is 5.65 Å². The highest BCUT2D eigenvalue weighted by Gasteiger charge is 2.29. The molecule has 0 aromatic carbocycles. The van der Waals surface area contributed by atoms with E-state index in [9.17, 15) is 14.4 Å². The lowest BCUT2D eigenvalue weighted by Gasteiger charge is -2.24. The van der Waals surface area contributed by atoms with Crippen LogP contribution in [-0.2, 0) is 9.59 Å². The Morgan fingerprint density at radius 1 is 1.24 bits per heavy atom. The zero-order valence-corrected chi connectivity index (χ0v) is 11.6. The molecular formula is C13H13N5O3. The molecule has 1 aliphatic rings. The number of nitrogens with zero attached hydrogens (tertiary/aromatic N) is 4. The monoisotopic (exact) mass is 287 g/mol. The van der Waals surface area contributed by atoms with Crippen molar-refractivity contribution in [3.63, 3.8) is 0 Å². The third-order valence-corrected chi connectivity index (χ3v) is 3.24. The topological polar surface area (TPSA) is 96.7 Å². The first kappa shape index (κ1) is 13.2. The highest BCUT2D eigenvalue weighted by molar-refractivity contribution is 6.07. The Labute approximate surface area is 119 Å². The number of nitrogens with one attached hydrogen (secondary N) is 1. The van der Waals surface area contributed by atoms with Crippen LogP contribution in [0.25, 0.3) is 5.65 Å². The summed E-state index contributed by atoms with van der Waals surface area (Å²) in [6.07, 6.45) is 1.41. The van der Waals surface area contributed by atoms with E-state index >= 15 is 0 Å². The largest absolute Gasteiger partial charge is 0.320 e. The van der Waals surface area contributed by atoms with E-state index in [1.165, 1.54) is 11.1 Å². The molecule has 1 saturated heterocycles. The molecule has 0 radical (unpaired) electrons. The number of carbonyl (C=O) groups is 3. The zero-order chi connectivity index (χ0) is 15.1. The minimum atomic E-state index is -0.489. The summed E-state index contributed by atoms with van der Waals surface area (Å²) < 4.78 is 1.56. The van der Waals surface area contributed by atoms with Gasteiger partial charge in [-0.25, -0.2) is 9.50 Å². The first-order valence-corrected chi connectivity index (χ1v) is 6.39. The van der Waals surface area contributed by atoms with E-state index in [-0.39, 0.29) is 18.7 Å². The van der Waals surface area contributed by atoms with Crippen LogP contribution in [0, 0.1) is 13.8 Å². The van der Waals surface area contributed by atoms with E-state index in [1.807, 2.05) is 19.9 Å². The highest BCUT2D eigenvalue weighted by Crippen LogP contribution is 2.14. The summed E-state index contributed by atoms with van der Waals surface area (Å²) in [5, 5.41) is 6.29. The van der Waals surface area contributed by atoms with E-state index in [4.69, 9.17) is 0 Å². The van der Waals surface area contributed by atoms with Crippen molar-refractivity contribution in [3.05, 3.63) is 29.2 Å². The predicted molar refractivity (Wildman–Crippen MR) is 71.5 cm³/mol. The average Bonchev–Trinajstić information content (AvgIpc) is 2.80. The number of fused-ring (bicyclic) bond motifs is 1. The predicted octanol–water partition coefficient (Wildman–Crippen LogP) is -0.555. The summed E-state index contributed by atoms with van der Waals surface area (Å²) in [6, 6.07) is 1.85. The van der Waals surface area contributed by atoms with E-state index in [2.05, 4.69) is 15.4 Å². The fourth-order valence-corrected chi connectivity index (χ4v) is 2.37. The van der Waals surface area contributed by atoms with Crippen LogP contribution < -0.4 is 5.32 Å². The van der Waals surface area contributed by atoms with Gasteiger partial charge in [0.1, 0.15) is 18.7 Å².